The molecule has 3 rings (SSSR count). The number of nitrogens with zero attached hydrogens (tertiary/aromatic N) is 1. The number of carbonyl (C=O) groups is 1. The average Bonchev–Trinajstić information content (AvgIpc) is 3.04. The average molecular weight is 235 g/mol. The van der Waals surface area contributed by atoms with Crippen LogP contribution in [-0.4, -0.2) is 28.3 Å². The number of carbonyl (C=O) groups excluding carboxylic acids is 1. The first-order valence-corrected chi connectivity index (χ1v) is 6.74. The summed E-state index contributed by atoms with van der Waals surface area (Å²) in [6.45, 7) is 4.54. The first kappa shape index (κ1) is 11.1. The lowest BCUT2D eigenvalue weighted by molar-refractivity contribution is 0.0984. The van der Waals surface area contributed by atoms with Crippen LogP contribution in [0.1, 0.15) is 46.0 Å². The second-order valence-electron chi connectivity index (χ2n) is 6.14. The van der Waals surface area contributed by atoms with Crippen molar-refractivity contribution in [2.45, 2.75) is 57.5 Å². The van der Waals surface area contributed by atoms with Crippen molar-refractivity contribution in [3.63, 3.8) is 0 Å². The van der Waals surface area contributed by atoms with E-state index in [-0.39, 0.29) is 11.6 Å². The largest absolute Gasteiger partial charge is 0.323 e. The topological polar surface area (TPSA) is 56.2 Å². The molecular weight excluding hydrogens is 214 g/mol. The van der Waals surface area contributed by atoms with Crippen molar-refractivity contribution in [2.75, 3.05) is 0 Å². The van der Waals surface area contributed by atoms with Crippen molar-refractivity contribution in [1.82, 2.24) is 10.2 Å². The van der Waals surface area contributed by atoms with Crippen LogP contribution in [0.4, 0.5) is 4.79 Å². The number of urea groups is 1. The molecule has 0 aromatic rings. The van der Waals surface area contributed by atoms with E-state index in [0.717, 1.165) is 32.1 Å². The number of nitrogens with one attached hydrogen (secondary N) is 2. The molecule has 1 spiro atoms. The summed E-state index contributed by atoms with van der Waals surface area (Å²) >= 11 is 0. The normalized spacial score (nSPS) is 42.1. The van der Waals surface area contributed by atoms with Gasteiger partial charge in [-0.2, -0.15) is 0 Å². The molecule has 4 nitrogen and oxygen atoms in total. The van der Waals surface area contributed by atoms with Crippen LogP contribution in [-0.2, 0) is 0 Å². The number of amidine groups is 1. The van der Waals surface area contributed by atoms with E-state index in [9.17, 15) is 4.79 Å². The van der Waals surface area contributed by atoms with Crippen LogP contribution >= 0.6 is 0 Å². The number of rotatable bonds is 1. The summed E-state index contributed by atoms with van der Waals surface area (Å²) in [5, 5.41) is 10.9. The van der Waals surface area contributed by atoms with Gasteiger partial charge in [-0.3, -0.25) is 10.7 Å². The van der Waals surface area contributed by atoms with Gasteiger partial charge in [0, 0.05) is 6.04 Å². The predicted molar refractivity (Wildman–Crippen MR) is 66.0 cm³/mol. The lowest BCUT2D eigenvalue weighted by atomic mass is 9.70. The van der Waals surface area contributed by atoms with Crippen molar-refractivity contribution < 1.29 is 4.79 Å². The Morgan fingerprint density at radius 3 is 2.59 bits per heavy atom. The Hall–Kier alpha value is -1.06. The Kier molecular flexibility index (Phi) is 2.25. The number of hydrogen-bond acceptors (Lipinski definition) is 2. The third-order valence-corrected chi connectivity index (χ3v) is 4.93. The zero-order chi connectivity index (χ0) is 12.2. The zero-order valence-electron chi connectivity index (χ0n) is 10.6. The molecule has 0 aromatic carbocycles. The van der Waals surface area contributed by atoms with Crippen molar-refractivity contribution in [3.8, 4) is 0 Å². The smallest absolute Gasteiger partial charge is 0.309 e. The van der Waals surface area contributed by atoms with E-state index in [1.807, 2.05) is 4.90 Å². The highest BCUT2D eigenvalue weighted by Crippen LogP contribution is 2.46. The fourth-order valence-corrected chi connectivity index (χ4v) is 3.48. The third-order valence-electron chi connectivity index (χ3n) is 4.93. The van der Waals surface area contributed by atoms with Crippen LogP contribution in [0.3, 0.4) is 0 Å². The van der Waals surface area contributed by atoms with Gasteiger partial charge in [0.2, 0.25) is 0 Å². The molecule has 2 amide bonds. The molecule has 0 radical (unpaired) electrons. The van der Waals surface area contributed by atoms with E-state index in [2.05, 4.69) is 19.2 Å². The summed E-state index contributed by atoms with van der Waals surface area (Å²) in [4.78, 5) is 14.0. The van der Waals surface area contributed by atoms with Gasteiger partial charge >= 0.3 is 6.03 Å². The molecule has 3 fully saturated rings. The summed E-state index contributed by atoms with van der Waals surface area (Å²) in [5.41, 5.74) is -0.288. The maximum absolute atomic E-state index is 12.0. The first-order valence-electron chi connectivity index (χ1n) is 6.74. The van der Waals surface area contributed by atoms with E-state index in [4.69, 9.17) is 5.41 Å². The van der Waals surface area contributed by atoms with Gasteiger partial charge < -0.3 is 4.90 Å². The van der Waals surface area contributed by atoms with Crippen LogP contribution in [0.25, 0.3) is 0 Å². The van der Waals surface area contributed by atoms with Gasteiger partial charge in [0.05, 0.1) is 0 Å². The van der Waals surface area contributed by atoms with Crippen LogP contribution in [0.2, 0.25) is 0 Å². The molecular formula is C13H21N3O. The van der Waals surface area contributed by atoms with E-state index in [0.29, 0.717) is 23.7 Å². The summed E-state index contributed by atoms with van der Waals surface area (Å²) in [5.74, 6) is 1.76. The second-order valence-corrected chi connectivity index (χ2v) is 6.14. The van der Waals surface area contributed by atoms with E-state index in [1.54, 1.807) is 0 Å². The zero-order valence-corrected chi connectivity index (χ0v) is 10.6. The van der Waals surface area contributed by atoms with Gasteiger partial charge in [0.15, 0.2) is 0 Å². The van der Waals surface area contributed by atoms with Gasteiger partial charge in [0.1, 0.15) is 11.4 Å². The maximum Gasteiger partial charge on any atom is 0.323 e. The highest BCUT2D eigenvalue weighted by atomic mass is 16.2. The van der Waals surface area contributed by atoms with Crippen LogP contribution in [0, 0.1) is 17.2 Å². The van der Waals surface area contributed by atoms with Gasteiger partial charge in [-0.25, -0.2) is 4.79 Å². The standard InChI is InChI=1S/C13H21N3O/c1-8-5-6-13(7-9(8)2)11(14)15-12(17)16(13)10-3-4-10/h8-10H,3-7H2,1-2H3,(H2,14,15,17). The summed E-state index contributed by atoms with van der Waals surface area (Å²) in [6, 6.07) is 0.373. The lowest BCUT2D eigenvalue weighted by Gasteiger charge is -2.44. The quantitative estimate of drug-likeness (QED) is 0.720. The second kappa shape index (κ2) is 3.47. The summed E-state index contributed by atoms with van der Waals surface area (Å²) in [7, 11) is 0. The minimum Gasteiger partial charge on any atom is -0.309 e. The fourth-order valence-electron chi connectivity index (χ4n) is 3.48. The van der Waals surface area contributed by atoms with Crippen molar-refractivity contribution in [3.05, 3.63) is 0 Å². The van der Waals surface area contributed by atoms with Crippen molar-refractivity contribution in [2.24, 2.45) is 11.8 Å². The molecule has 0 aromatic heterocycles. The van der Waals surface area contributed by atoms with E-state index in [1.165, 1.54) is 0 Å². The molecule has 3 atom stereocenters. The third kappa shape index (κ3) is 1.49. The van der Waals surface area contributed by atoms with E-state index < -0.39 is 0 Å². The number of amides is 2. The van der Waals surface area contributed by atoms with Gasteiger partial charge in [-0.15, -0.1) is 0 Å². The molecule has 2 saturated carbocycles. The van der Waals surface area contributed by atoms with Crippen molar-refractivity contribution in [1.29, 1.82) is 5.41 Å². The molecule has 1 aliphatic heterocycles. The Labute approximate surface area is 102 Å². The minimum atomic E-state index is -0.288. The molecule has 2 N–H and O–H groups in total. The van der Waals surface area contributed by atoms with Crippen LogP contribution in [0.15, 0.2) is 0 Å². The number of hydrogen-bond donors (Lipinski definition) is 2. The monoisotopic (exact) mass is 235 g/mol. The molecule has 1 heterocycles. The van der Waals surface area contributed by atoms with Crippen LogP contribution in [0.5, 0.6) is 0 Å². The molecule has 94 valence electrons. The first-order chi connectivity index (χ1) is 8.04. The molecule has 3 aliphatic rings. The molecule has 0 bridgehead atoms. The minimum absolute atomic E-state index is 0.0285. The maximum atomic E-state index is 12.0. The van der Waals surface area contributed by atoms with Gasteiger partial charge in [-0.05, 0) is 43.9 Å². The molecule has 3 unspecified atom stereocenters. The van der Waals surface area contributed by atoms with Gasteiger partial charge in [0.25, 0.3) is 0 Å². The molecule has 17 heavy (non-hydrogen) atoms. The molecule has 4 heteroatoms. The van der Waals surface area contributed by atoms with E-state index >= 15 is 0 Å². The highest BCUT2D eigenvalue weighted by Gasteiger charge is 2.56. The van der Waals surface area contributed by atoms with Crippen LogP contribution < -0.4 is 5.32 Å². The Morgan fingerprint density at radius 2 is 2.00 bits per heavy atom. The van der Waals surface area contributed by atoms with Crippen molar-refractivity contribution >= 4 is 11.9 Å². The molecule has 1 saturated heterocycles. The lowest BCUT2D eigenvalue weighted by Crippen LogP contribution is -2.54. The fraction of sp³-hybridized carbons (Fsp3) is 0.846. The Balaban J connectivity index is 1.92. The predicted octanol–water partition coefficient (Wildman–Crippen LogP) is 2.35. The summed E-state index contributed by atoms with van der Waals surface area (Å²) in [6.07, 6.45) is 5.29. The SMILES string of the molecule is CC1CCC2(CC1C)C(=N)NC(=O)N2C1CC1. The van der Waals surface area contributed by atoms with Gasteiger partial charge in [-0.1, -0.05) is 13.8 Å². The highest BCUT2D eigenvalue weighted by molar-refractivity contribution is 6.08. The Bertz CT molecular complexity index is 377. The summed E-state index contributed by atoms with van der Waals surface area (Å²) < 4.78 is 0. The Morgan fingerprint density at radius 1 is 1.29 bits per heavy atom. The molecule has 2 aliphatic carbocycles.